The van der Waals surface area contributed by atoms with Crippen molar-refractivity contribution in [2.45, 2.75) is 39.9 Å². The monoisotopic (exact) mass is 284 g/mol. The number of benzene rings is 1. The zero-order chi connectivity index (χ0) is 14.8. The van der Waals surface area contributed by atoms with Gasteiger partial charge in [0.25, 0.3) is 0 Å². The molecule has 1 aromatic carbocycles. The smallest absolute Gasteiger partial charge is 0.246 e. The van der Waals surface area contributed by atoms with Crippen LogP contribution in [0, 0.1) is 6.92 Å². The summed E-state index contributed by atoms with van der Waals surface area (Å²) in [5.74, 6) is 1.30. The van der Waals surface area contributed by atoms with E-state index >= 15 is 0 Å². The Hall–Kier alpha value is -2.14. The maximum absolute atomic E-state index is 5.18. The Morgan fingerprint density at radius 2 is 2.14 bits per heavy atom. The van der Waals surface area contributed by atoms with Crippen LogP contribution in [0.15, 0.2) is 35.0 Å². The quantitative estimate of drug-likeness (QED) is 0.782. The van der Waals surface area contributed by atoms with Gasteiger partial charge in [-0.25, -0.2) is 0 Å². The number of hydrogen-bond acceptors (Lipinski definition) is 4. The fourth-order valence-electron chi connectivity index (χ4n) is 2.37. The van der Waals surface area contributed by atoms with Crippen molar-refractivity contribution in [3.63, 3.8) is 0 Å². The third-order valence-corrected chi connectivity index (χ3v) is 3.43. The maximum atomic E-state index is 5.18. The van der Waals surface area contributed by atoms with Crippen molar-refractivity contribution in [2.24, 2.45) is 0 Å². The summed E-state index contributed by atoms with van der Waals surface area (Å²) in [7, 11) is 0. The van der Waals surface area contributed by atoms with Gasteiger partial charge in [0.1, 0.15) is 6.54 Å². The van der Waals surface area contributed by atoms with Gasteiger partial charge in [-0.2, -0.15) is 4.98 Å². The predicted molar refractivity (Wildman–Crippen MR) is 82.1 cm³/mol. The molecule has 0 unspecified atom stereocenters. The van der Waals surface area contributed by atoms with Gasteiger partial charge in [0.15, 0.2) is 5.82 Å². The van der Waals surface area contributed by atoms with Crippen molar-refractivity contribution in [1.29, 1.82) is 0 Å². The Morgan fingerprint density at radius 1 is 1.29 bits per heavy atom. The molecule has 2 heterocycles. The zero-order valence-corrected chi connectivity index (χ0v) is 12.6. The Bertz CT molecular complexity index is 742. The van der Waals surface area contributed by atoms with Gasteiger partial charge in [0.2, 0.25) is 5.89 Å². The van der Waals surface area contributed by atoms with E-state index in [9.17, 15) is 0 Å². The van der Waals surface area contributed by atoms with Crippen LogP contribution in [0.3, 0.4) is 0 Å². The van der Waals surface area contributed by atoms with Crippen LogP contribution >= 0.6 is 0 Å². The standard InChI is InChI=1S/C16H20N4O/c1-11(2)17-9-13-4-5-15-14(8-13)6-7-20(15)10-16-18-12(3)19-21-16/h4-8,11,17H,9-10H2,1-3H3. The number of aryl methyl sites for hydroxylation is 1. The van der Waals surface area contributed by atoms with Crippen molar-refractivity contribution in [3.05, 3.63) is 47.7 Å². The Morgan fingerprint density at radius 3 is 2.86 bits per heavy atom. The molecule has 5 nitrogen and oxygen atoms in total. The first-order chi connectivity index (χ1) is 10.1. The third kappa shape index (κ3) is 3.13. The highest BCUT2D eigenvalue weighted by Gasteiger charge is 2.07. The summed E-state index contributed by atoms with van der Waals surface area (Å²) >= 11 is 0. The van der Waals surface area contributed by atoms with Gasteiger partial charge in [0.05, 0.1) is 0 Å². The first-order valence-corrected chi connectivity index (χ1v) is 7.22. The average Bonchev–Trinajstić information content (AvgIpc) is 3.04. The molecule has 1 N–H and O–H groups in total. The Balaban J connectivity index is 1.82. The summed E-state index contributed by atoms with van der Waals surface area (Å²) < 4.78 is 7.31. The van der Waals surface area contributed by atoms with E-state index in [0.717, 1.165) is 6.54 Å². The molecule has 3 rings (SSSR count). The van der Waals surface area contributed by atoms with Crippen LogP contribution in [0.4, 0.5) is 0 Å². The number of aromatic nitrogens is 3. The maximum Gasteiger partial charge on any atom is 0.246 e. The van der Waals surface area contributed by atoms with Gasteiger partial charge in [-0.15, -0.1) is 0 Å². The summed E-state index contributed by atoms with van der Waals surface area (Å²) in [6.45, 7) is 7.63. The van der Waals surface area contributed by atoms with E-state index in [1.807, 2.05) is 6.92 Å². The molecule has 0 fully saturated rings. The Kier molecular flexibility index (Phi) is 3.75. The third-order valence-electron chi connectivity index (χ3n) is 3.43. The van der Waals surface area contributed by atoms with Crippen molar-refractivity contribution >= 4 is 10.9 Å². The van der Waals surface area contributed by atoms with Gasteiger partial charge in [-0.1, -0.05) is 25.1 Å². The van der Waals surface area contributed by atoms with E-state index < -0.39 is 0 Å². The van der Waals surface area contributed by atoms with Gasteiger partial charge in [-0.05, 0) is 36.1 Å². The number of hydrogen-bond donors (Lipinski definition) is 1. The predicted octanol–water partition coefficient (Wildman–Crippen LogP) is 2.88. The molecule has 0 aliphatic rings. The summed E-state index contributed by atoms with van der Waals surface area (Å²) in [4.78, 5) is 4.25. The number of nitrogens with one attached hydrogen (secondary N) is 1. The molecule has 0 saturated carbocycles. The fourth-order valence-corrected chi connectivity index (χ4v) is 2.37. The van der Waals surface area contributed by atoms with Crippen LogP contribution in [-0.2, 0) is 13.1 Å². The van der Waals surface area contributed by atoms with E-state index in [4.69, 9.17) is 4.52 Å². The summed E-state index contributed by atoms with van der Waals surface area (Å²) in [5, 5.41) is 8.49. The van der Waals surface area contributed by atoms with E-state index in [2.05, 4.69) is 64.3 Å². The lowest BCUT2D eigenvalue weighted by atomic mass is 10.1. The minimum Gasteiger partial charge on any atom is -0.338 e. The highest BCUT2D eigenvalue weighted by molar-refractivity contribution is 5.80. The minimum atomic E-state index is 0.492. The van der Waals surface area contributed by atoms with Crippen LogP contribution in [0.1, 0.15) is 31.1 Å². The van der Waals surface area contributed by atoms with E-state index in [1.54, 1.807) is 0 Å². The highest BCUT2D eigenvalue weighted by atomic mass is 16.5. The summed E-state index contributed by atoms with van der Waals surface area (Å²) in [6, 6.07) is 9.15. The van der Waals surface area contributed by atoms with Crippen LogP contribution in [0.25, 0.3) is 10.9 Å². The molecule has 0 aliphatic carbocycles. The molecule has 2 aromatic heterocycles. The lowest BCUT2D eigenvalue weighted by Crippen LogP contribution is -2.21. The van der Waals surface area contributed by atoms with Crippen molar-refractivity contribution in [3.8, 4) is 0 Å². The first-order valence-electron chi connectivity index (χ1n) is 7.22. The molecule has 110 valence electrons. The molecule has 21 heavy (non-hydrogen) atoms. The molecule has 5 heteroatoms. The van der Waals surface area contributed by atoms with Crippen LogP contribution in [0.5, 0.6) is 0 Å². The normalized spacial score (nSPS) is 11.6. The van der Waals surface area contributed by atoms with E-state index in [0.29, 0.717) is 24.3 Å². The largest absolute Gasteiger partial charge is 0.338 e. The summed E-state index contributed by atoms with van der Waals surface area (Å²) in [6.07, 6.45) is 2.06. The molecular formula is C16H20N4O. The van der Waals surface area contributed by atoms with Crippen molar-refractivity contribution in [1.82, 2.24) is 20.0 Å². The van der Waals surface area contributed by atoms with Gasteiger partial charge < -0.3 is 14.4 Å². The molecule has 0 radical (unpaired) electrons. The van der Waals surface area contributed by atoms with Crippen LogP contribution in [0.2, 0.25) is 0 Å². The van der Waals surface area contributed by atoms with E-state index in [1.165, 1.54) is 16.5 Å². The summed E-state index contributed by atoms with van der Waals surface area (Å²) in [5.41, 5.74) is 2.47. The van der Waals surface area contributed by atoms with E-state index in [-0.39, 0.29) is 0 Å². The van der Waals surface area contributed by atoms with Crippen molar-refractivity contribution < 1.29 is 4.52 Å². The topological polar surface area (TPSA) is 55.9 Å². The highest BCUT2D eigenvalue weighted by Crippen LogP contribution is 2.19. The lowest BCUT2D eigenvalue weighted by Gasteiger charge is -2.08. The molecule has 0 saturated heterocycles. The molecule has 0 amide bonds. The molecule has 0 bridgehead atoms. The molecule has 0 aliphatic heterocycles. The molecule has 3 aromatic rings. The average molecular weight is 284 g/mol. The lowest BCUT2D eigenvalue weighted by molar-refractivity contribution is 0.369. The zero-order valence-electron chi connectivity index (χ0n) is 12.6. The van der Waals surface area contributed by atoms with Gasteiger partial charge in [-0.3, -0.25) is 0 Å². The van der Waals surface area contributed by atoms with Crippen molar-refractivity contribution in [2.75, 3.05) is 0 Å². The molecule has 0 atom stereocenters. The number of rotatable bonds is 5. The molecule has 0 spiro atoms. The second-order valence-electron chi connectivity index (χ2n) is 5.61. The van der Waals surface area contributed by atoms with Gasteiger partial charge in [0, 0.05) is 24.3 Å². The van der Waals surface area contributed by atoms with Crippen LogP contribution < -0.4 is 5.32 Å². The second-order valence-corrected chi connectivity index (χ2v) is 5.61. The SMILES string of the molecule is Cc1noc(Cn2ccc3cc(CNC(C)C)ccc32)n1. The fraction of sp³-hybridized carbons (Fsp3) is 0.375. The van der Waals surface area contributed by atoms with Crippen LogP contribution in [-0.4, -0.2) is 20.7 Å². The first kappa shape index (κ1) is 13.8. The number of nitrogens with zero attached hydrogens (tertiary/aromatic N) is 3. The molecular weight excluding hydrogens is 264 g/mol. The second kappa shape index (κ2) is 5.69. The van der Waals surface area contributed by atoms with Gasteiger partial charge >= 0.3 is 0 Å². The number of fused-ring (bicyclic) bond motifs is 1. The Labute approximate surface area is 124 Å². The minimum absolute atomic E-state index is 0.492.